The molecule has 1 atom stereocenters. The van der Waals surface area contributed by atoms with Crippen molar-refractivity contribution in [2.24, 2.45) is 0 Å². The molecule has 0 fully saturated rings. The van der Waals surface area contributed by atoms with Gasteiger partial charge >= 0.3 is 11.8 Å². The van der Waals surface area contributed by atoms with Crippen LogP contribution in [0.2, 0.25) is 0 Å². The van der Waals surface area contributed by atoms with E-state index in [0.717, 1.165) is 24.3 Å². The number of benzene rings is 2. The van der Waals surface area contributed by atoms with E-state index in [4.69, 9.17) is 10.00 Å². The zero-order valence-electron chi connectivity index (χ0n) is 12.6. The Kier molecular flexibility index (Phi) is 3.86. The van der Waals surface area contributed by atoms with Crippen LogP contribution in [0.15, 0.2) is 30.3 Å². The number of aliphatic hydroxyl groups excluding tert-OH is 1. The fourth-order valence-electron chi connectivity index (χ4n) is 2.70. The highest BCUT2D eigenvalue weighted by atomic mass is 19.3. The van der Waals surface area contributed by atoms with Crippen LogP contribution in [0.3, 0.4) is 0 Å². The average Bonchev–Trinajstić information content (AvgIpc) is 2.72. The molecule has 1 aliphatic rings. The van der Waals surface area contributed by atoms with E-state index < -0.39 is 46.2 Å². The molecule has 0 saturated heterocycles. The van der Waals surface area contributed by atoms with Crippen LogP contribution in [0, 0.1) is 28.5 Å². The first-order valence-corrected chi connectivity index (χ1v) is 7.03. The molecule has 132 valence electrons. The highest BCUT2D eigenvalue weighted by Crippen LogP contribution is 2.59. The van der Waals surface area contributed by atoms with E-state index in [1.807, 2.05) is 0 Å². The number of nitrogens with zero attached hydrogens (tertiary/aromatic N) is 2. The lowest BCUT2D eigenvalue weighted by Gasteiger charge is -2.20. The van der Waals surface area contributed by atoms with Gasteiger partial charge < -0.3 is 9.84 Å². The van der Waals surface area contributed by atoms with Crippen LogP contribution in [0.25, 0.3) is 0 Å². The van der Waals surface area contributed by atoms with Crippen molar-refractivity contribution in [3.63, 3.8) is 0 Å². The van der Waals surface area contributed by atoms with Crippen molar-refractivity contribution in [3.8, 4) is 23.6 Å². The summed E-state index contributed by atoms with van der Waals surface area (Å²) in [6, 6.07) is 7.45. The number of fused-ring (bicyclic) bond motifs is 1. The standard InChI is InChI=1S/C17H7F5N2O2/c18-9-3-8(6-23)4-10(5-9)26-13-2-1-12-14(11(13)7-24)15(25)17(21,22)16(12,19)20/h1-5,15,25H/t15-/m1/s1. The van der Waals surface area contributed by atoms with Gasteiger partial charge in [-0.3, -0.25) is 0 Å². The number of hydrogen-bond donors (Lipinski definition) is 1. The molecule has 0 saturated carbocycles. The van der Waals surface area contributed by atoms with E-state index in [2.05, 4.69) is 0 Å². The third-order valence-corrected chi connectivity index (χ3v) is 3.92. The largest absolute Gasteiger partial charge is 0.456 e. The Morgan fingerprint density at radius 1 is 1.04 bits per heavy atom. The molecule has 0 heterocycles. The summed E-state index contributed by atoms with van der Waals surface area (Å²) in [5, 5.41) is 27.7. The van der Waals surface area contributed by atoms with Crippen LogP contribution in [0.4, 0.5) is 22.0 Å². The molecule has 26 heavy (non-hydrogen) atoms. The predicted octanol–water partition coefficient (Wildman–Crippen LogP) is 4.14. The second kappa shape index (κ2) is 5.68. The fourth-order valence-corrected chi connectivity index (χ4v) is 2.70. The second-order valence-electron chi connectivity index (χ2n) is 5.50. The highest BCUT2D eigenvalue weighted by Gasteiger charge is 2.69. The normalized spacial score (nSPS) is 19.3. The molecule has 1 N–H and O–H groups in total. The van der Waals surface area contributed by atoms with Gasteiger partial charge in [0.25, 0.3) is 0 Å². The minimum Gasteiger partial charge on any atom is -0.456 e. The van der Waals surface area contributed by atoms with Gasteiger partial charge in [-0.15, -0.1) is 0 Å². The van der Waals surface area contributed by atoms with E-state index >= 15 is 0 Å². The SMILES string of the molecule is N#Cc1cc(F)cc(Oc2ccc3c(c2C#N)[C@@H](O)C(F)(F)C3(F)F)c1. The lowest BCUT2D eigenvalue weighted by Crippen LogP contribution is -2.36. The summed E-state index contributed by atoms with van der Waals surface area (Å²) in [4.78, 5) is 0. The third-order valence-electron chi connectivity index (χ3n) is 3.92. The van der Waals surface area contributed by atoms with Gasteiger partial charge in [0.05, 0.1) is 11.6 Å². The zero-order valence-corrected chi connectivity index (χ0v) is 12.6. The lowest BCUT2D eigenvalue weighted by atomic mass is 10.0. The van der Waals surface area contributed by atoms with Crippen molar-refractivity contribution in [3.05, 3.63) is 58.4 Å². The Balaban J connectivity index is 2.14. The molecule has 0 radical (unpaired) electrons. The van der Waals surface area contributed by atoms with Gasteiger partial charge in [-0.1, -0.05) is 0 Å². The molecule has 0 unspecified atom stereocenters. The van der Waals surface area contributed by atoms with Crippen molar-refractivity contribution in [1.82, 2.24) is 0 Å². The van der Waals surface area contributed by atoms with E-state index in [0.29, 0.717) is 6.07 Å². The molecule has 2 aromatic carbocycles. The molecule has 9 heteroatoms. The minimum absolute atomic E-state index is 0.113. The summed E-state index contributed by atoms with van der Waals surface area (Å²) in [5.41, 5.74) is -2.97. The Bertz CT molecular complexity index is 992. The number of hydrogen-bond acceptors (Lipinski definition) is 4. The smallest absolute Gasteiger partial charge is 0.343 e. The van der Waals surface area contributed by atoms with Gasteiger partial charge in [0.1, 0.15) is 28.9 Å². The molecule has 2 aromatic rings. The molecule has 0 aromatic heterocycles. The monoisotopic (exact) mass is 366 g/mol. The first-order chi connectivity index (χ1) is 12.1. The summed E-state index contributed by atoms with van der Waals surface area (Å²) >= 11 is 0. The molecule has 0 bridgehead atoms. The molecule has 1 aliphatic carbocycles. The van der Waals surface area contributed by atoms with Crippen LogP contribution in [0.5, 0.6) is 11.5 Å². The summed E-state index contributed by atoms with van der Waals surface area (Å²) in [7, 11) is 0. The summed E-state index contributed by atoms with van der Waals surface area (Å²) in [5.74, 6) is -11.0. The number of halogens is 5. The maximum atomic E-state index is 13.8. The van der Waals surface area contributed by atoms with E-state index in [1.54, 1.807) is 6.07 Å². The summed E-state index contributed by atoms with van der Waals surface area (Å²) in [6.45, 7) is 0. The van der Waals surface area contributed by atoms with Gasteiger partial charge in [-0.25, -0.2) is 4.39 Å². The van der Waals surface area contributed by atoms with E-state index in [-0.39, 0.29) is 11.3 Å². The zero-order chi connectivity index (χ0) is 19.3. The molecule has 0 amide bonds. The molecular formula is C17H7F5N2O2. The number of nitriles is 2. The van der Waals surface area contributed by atoms with Crippen LogP contribution in [-0.2, 0) is 5.92 Å². The molecule has 0 aliphatic heterocycles. The Morgan fingerprint density at radius 3 is 2.35 bits per heavy atom. The van der Waals surface area contributed by atoms with Crippen LogP contribution >= 0.6 is 0 Å². The number of alkyl halides is 4. The first-order valence-electron chi connectivity index (χ1n) is 7.03. The third kappa shape index (κ3) is 2.37. The van der Waals surface area contributed by atoms with Gasteiger partial charge in [-0.2, -0.15) is 28.1 Å². The van der Waals surface area contributed by atoms with Crippen LogP contribution in [-0.4, -0.2) is 11.0 Å². The average molecular weight is 366 g/mol. The molecule has 4 nitrogen and oxygen atoms in total. The topological polar surface area (TPSA) is 77.0 Å². The van der Waals surface area contributed by atoms with Gasteiger partial charge in [0.2, 0.25) is 0 Å². The first kappa shape index (κ1) is 17.6. The predicted molar refractivity (Wildman–Crippen MR) is 76.1 cm³/mol. The van der Waals surface area contributed by atoms with Crippen molar-refractivity contribution in [1.29, 1.82) is 10.5 Å². The van der Waals surface area contributed by atoms with Crippen LogP contribution < -0.4 is 4.74 Å². The maximum Gasteiger partial charge on any atom is 0.343 e. The summed E-state index contributed by atoms with van der Waals surface area (Å²) < 4.78 is 73.8. The van der Waals surface area contributed by atoms with Gasteiger partial charge in [-0.05, 0) is 24.3 Å². The van der Waals surface area contributed by atoms with E-state index in [9.17, 15) is 32.3 Å². The summed E-state index contributed by atoms with van der Waals surface area (Å²) in [6.07, 6.45) is -2.91. The Hall–Kier alpha value is -3.17. The molecule has 0 spiro atoms. The Morgan fingerprint density at radius 2 is 1.73 bits per heavy atom. The number of aliphatic hydroxyl groups is 1. The van der Waals surface area contributed by atoms with Crippen molar-refractivity contribution < 1.29 is 31.8 Å². The quantitative estimate of drug-likeness (QED) is 0.811. The van der Waals surface area contributed by atoms with Gasteiger partial charge in [0, 0.05) is 17.2 Å². The van der Waals surface area contributed by atoms with Gasteiger partial charge in [0.15, 0.2) is 6.10 Å². The van der Waals surface area contributed by atoms with Crippen LogP contribution in [0.1, 0.15) is 28.4 Å². The van der Waals surface area contributed by atoms with Crippen molar-refractivity contribution >= 4 is 0 Å². The molecule has 3 rings (SSSR count). The van der Waals surface area contributed by atoms with Crippen molar-refractivity contribution in [2.75, 3.05) is 0 Å². The lowest BCUT2D eigenvalue weighted by molar-refractivity contribution is -0.246. The number of ether oxygens (including phenoxy) is 1. The second-order valence-corrected chi connectivity index (χ2v) is 5.50. The van der Waals surface area contributed by atoms with E-state index in [1.165, 1.54) is 6.07 Å². The van der Waals surface area contributed by atoms with Crippen molar-refractivity contribution in [2.45, 2.75) is 17.9 Å². The Labute approximate surface area is 143 Å². The minimum atomic E-state index is -4.80. The maximum absolute atomic E-state index is 13.8. The highest BCUT2D eigenvalue weighted by molar-refractivity contribution is 5.59. The fraction of sp³-hybridized carbons (Fsp3) is 0.176. The number of rotatable bonds is 2. The molecular weight excluding hydrogens is 359 g/mol.